The van der Waals surface area contributed by atoms with Crippen LogP contribution in [0.1, 0.15) is 35.1 Å². The van der Waals surface area contributed by atoms with Gasteiger partial charge in [0, 0.05) is 18.1 Å². The lowest BCUT2D eigenvalue weighted by Gasteiger charge is -2.20. The summed E-state index contributed by atoms with van der Waals surface area (Å²) in [5.41, 5.74) is 4.06. The maximum Gasteiger partial charge on any atom is 0.407 e. The maximum atomic E-state index is 14.1. The summed E-state index contributed by atoms with van der Waals surface area (Å²) in [7, 11) is 0. The highest BCUT2D eigenvalue weighted by atomic mass is 19.1. The van der Waals surface area contributed by atoms with E-state index in [0.717, 1.165) is 34.4 Å². The van der Waals surface area contributed by atoms with E-state index >= 15 is 0 Å². The standard InChI is InChI=1S/C24H21F2NO3/c25-20-10-5-11-21(26)23(20)22(12-13-28)27-24(29)30-14-19-17-8-3-1-6-15(17)16-7-2-4-9-18(16)19/h1-11,19,22,28H,12-14H2,(H,27,29). The van der Waals surface area contributed by atoms with E-state index in [1.807, 2.05) is 48.5 Å². The van der Waals surface area contributed by atoms with Gasteiger partial charge in [-0.25, -0.2) is 13.6 Å². The van der Waals surface area contributed by atoms with Crippen LogP contribution in [0, 0.1) is 11.6 Å². The molecule has 1 unspecified atom stereocenters. The third-order valence-electron chi connectivity index (χ3n) is 5.40. The van der Waals surface area contributed by atoms with Crippen LogP contribution in [0.5, 0.6) is 0 Å². The van der Waals surface area contributed by atoms with E-state index in [0.29, 0.717) is 0 Å². The minimum Gasteiger partial charge on any atom is -0.449 e. The van der Waals surface area contributed by atoms with Crippen molar-refractivity contribution in [1.82, 2.24) is 5.32 Å². The van der Waals surface area contributed by atoms with Crippen molar-refractivity contribution < 1.29 is 23.4 Å². The number of nitrogens with one attached hydrogen (secondary N) is 1. The topological polar surface area (TPSA) is 58.6 Å². The smallest absolute Gasteiger partial charge is 0.407 e. The van der Waals surface area contributed by atoms with Crippen molar-refractivity contribution >= 4 is 6.09 Å². The first-order valence-electron chi connectivity index (χ1n) is 9.76. The van der Waals surface area contributed by atoms with E-state index < -0.39 is 23.8 Å². The molecule has 6 heteroatoms. The molecule has 0 bridgehead atoms. The molecule has 4 nitrogen and oxygen atoms in total. The Labute approximate surface area is 173 Å². The number of hydrogen-bond acceptors (Lipinski definition) is 3. The number of hydrogen-bond donors (Lipinski definition) is 2. The Hall–Kier alpha value is -3.25. The van der Waals surface area contributed by atoms with E-state index in [9.17, 15) is 18.7 Å². The zero-order valence-corrected chi connectivity index (χ0v) is 16.1. The molecule has 0 aliphatic heterocycles. The molecule has 0 spiro atoms. The number of rotatable bonds is 6. The van der Waals surface area contributed by atoms with Crippen LogP contribution in [0.3, 0.4) is 0 Å². The molecule has 0 radical (unpaired) electrons. The van der Waals surface area contributed by atoms with Crippen LogP contribution in [0.2, 0.25) is 0 Å². The molecule has 0 aromatic heterocycles. The number of alkyl carbamates (subject to hydrolysis) is 1. The Bertz CT molecular complexity index is 1000. The van der Waals surface area contributed by atoms with E-state index in [1.165, 1.54) is 6.07 Å². The van der Waals surface area contributed by atoms with Gasteiger partial charge in [-0.1, -0.05) is 54.6 Å². The van der Waals surface area contributed by atoms with Crippen LogP contribution in [-0.2, 0) is 4.74 Å². The molecule has 0 fully saturated rings. The third kappa shape index (κ3) is 3.78. The largest absolute Gasteiger partial charge is 0.449 e. The number of fused-ring (bicyclic) bond motifs is 3. The van der Waals surface area contributed by atoms with Crippen molar-refractivity contribution in [1.29, 1.82) is 0 Å². The normalized spacial score (nSPS) is 13.4. The van der Waals surface area contributed by atoms with Gasteiger partial charge >= 0.3 is 6.09 Å². The molecular formula is C24H21F2NO3. The molecule has 2 N–H and O–H groups in total. The summed E-state index contributed by atoms with van der Waals surface area (Å²) < 4.78 is 33.7. The molecule has 3 aromatic carbocycles. The fraction of sp³-hybridized carbons (Fsp3) is 0.208. The van der Waals surface area contributed by atoms with Crippen molar-refractivity contribution in [2.45, 2.75) is 18.4 Å². The Morgan fingerprint density at radius 1 is 0.933 bits per heavy atom. The van der Waals surface area contributed by atoms with Crippen molar-refractivity contribution in [2.24, 2.45) is 0 Å². The molecule has 0 saturated carbocycles. The van der Waals surface area contributed by atoms with E-state index in [1.54, 1.807) is 0 Å². The lowest BCUT2D eigenvalue weighted by Crippen LogP contribution is -2.32. The second-order valence-electron chi connectivity index (χ2n) is 7.17. The number of aliphatic hydroxyl groups is 1. The Balaban J connectivity index is 1.49. The molecule has 154 valence electrons. The molecule has 0 saturated heterocycles. The Kier molecular flexibility index (Phi) is 5.77. The number of ether oxygens (including phenoxy) is 1. The molecule has 1 amide bonds. The number of carbonyl (C=O) groups is 1. The van der Waals surface area contributed by atoms with Crippen LogP contribution in [0.25, 0.3) is 11.1 Å². The molecule has 1 aliphatic rings. The van der Waals surface area contributed by atoms with Gasteiger partial charge in [-0.05, 0) is 40.8 Å². The van der Waals surface area contributed by atoms with Gasteiger partial charge < -0.3 is 15.2 Å². The summed E-state index contributed by atoms with van der Waals surface area (Å²) in [6.45, 7) is -0.256. The Morgan fingerprint density at radius 3 is 2.07 bits per heavy atom. The van der Waals surface area contributed by atoms with Gasteiger partial charge in [0.1, 0.15) is 18.2 Å². The molecule has 1 aliphatic carbocycles. The first kappa shape index (κ1) is 20.0. The first-order valence-corrected chi connectivity index (χ1v) is 9.76. The average molecular weight is 409 g/mol. The van der Waals surface area contributed by atoms with Crippen LogP contribution >= 0.6 is 0 Å². The van der Waals surface area contributed by atoms with Gasteiger partial charge in [0.25, 0.3) is 0 Å². The summed E-state index contributed by atoms with van der Waals surface area (Å²) in [5.74, 6) is -1.69. The van der Waals surface area contributed by atoms with E-state index in [-0.39, 0.29) is 31.1 Å². The lowest BCUT2D eigenvalue weighted by atomic mass is 9.98. The second kappa shape index (κ2) is 8.63. The number of halogens is 2. The van der Waals surface area contributed by atoms with Gasteiger partial charge in [-0.15, -0.1) is 0 Å². The predicted molar refractivity (Wildman–Crippen MR) is 109 cm³/mol. The van der Waals surface area contributed by atoms with Crippen LogP contribution in [-0.4, -0.2) is 24.4 Å². The van der Waals surface area contributed by atoms with Gasteiger partial charge in [0.15, 0.2) is 0 Å². The summed E-state index contributed by atoms with van der Waals surface area (Å²) in [4.78, 5) is 12.4. The van der Waals surface area contributed by atoms with Gasteiger partial charge in [0.2, 0.25) is 0 Å². The quantitative estimate of drug-likeness (QED) is 0.607. The van der Waals surface area contributed by atoms with Crippen LogP contribution < -0.4 is 5.32 Å². The summed E-state index contributed by atoms with van der Waals surface area (Å²) in [6, 6.07) is 18.3. The molecular weight excluding hydrogens is 388 g/mol. The number of aliphatic hydroxyl groups excluding tert-OH is 1. The highest BCUT2D eigenvalue weighted by Crippen LogP contribution is 2.44. The lowest BCUT2D eigenvalue weighted by molar-refractivity contribution is 0.136. The van der Waals surface area contributed by atoms with Crippen LogP contribution in [0.4, 0.5) is 13.6 Å². The highest BCUT2D eigenvalue weighted by molar-refractivity contribution is 5.79. The molecule has 0 heterocycles. The minimum absolute atomic E-state index is 0.0396. The molecule has 1 atom stereocenters. The second-order valence-corrected chi connectivity index (χ2v) is 7.17. The SMILES string of the molecule is O=C(NC(CCO)c1c(F)cccc1F)OCC1c2ccccc2-c2ccccc21. The number of amides is 1. The van der Waals surface area contributed by atoms with Gasteiger partial charge in [-0.2, -0.15) is 0 Å². The van der Waals surface area contributed by atoms with Crippen molar-refractivity contribution in [3.8, 4) is 11.1 Å². The average Bonchev–Trinajstić information content (AvgIpc) is 3.06. The van der Waals surface area contributed by atoms with Crippen molar-refractivity contribution in [2.75, 3.05) is 13.2 Å². The molecule has 4 rings (SSSR count). The number of benzene rings is 3. The minimum atomic E-state index is -1.04. The Morgan fingerprint density at radius 2 is 1.50 bits per heavy atom. The first-order chi connectivity index (χ1) is 14.6. The van der Waals surface area contributed by atoms with Gasteiger partial charge in [-0.3, -0.25) is 0 Å². The predicted octanol–water partition coefficient (Wildman–Crippen LogP) is 4.93. The summed E-state index contributed by atoms with van der Waals surface area (Å²) in [5, 5.41) is 11.8. The summed E-state index contributed by atoms with van der Waals surface area (Å²) in [6.07, 6.45) is -0.833. The third-order valence-corrected chi connectivity index (χ3v) is 5.40. The highest BCUT2D eigenvalue weighted by Gasteiger charge is 2.29. The fourth-order valence-corrected chi connectivity index (χ4v) is 4.04. The maximum absolute atomic E-state index is 14.1. The van der Waals surface area contributed by atoms with Crippen molar-refractivity contribution in [3.05, 3.63) is 95.1 Å². The zero-order chi connectivity index (χ0) is 21.1. The fourth-order valence-electron chi connectivity index (χ4n) is 4.04. The monoisotopic (exact) mass is 409 g/mol. The van der Waals surface area contributed by atoms with Crippen LogP contribution in [0.15, 0.2) is 66.7 Å². The van der Waals surface area contributed by atoms with E-state index in [2.05, 4.69) is 5.32 Å². The number of carbonyl (C=O) groups excluding carboxylic acids is 1. The van der Waals surface area contributed by atoms with Crippen molar-refractivity contribution in [3.63, 3.8) is 0 Å². The summed E-state index contributed by atoms with van der Waals surface area (Å²) >= 11 is 0. The zero-order valence-electron chi connectivity index (χ0n) is 16.1. The molecule has 3 aromatic rings. The van der Waals surface area contributed by atoms with Gasteiger partial charge in [0.05, 0.1) is 6.04 Å². The molecule has 30 heavy (non-hydrogen) atoms. The van der Waals surface area contributed by atoms with E-state index in [4.69, 9.17) is 4.74 Å².